The average molecular weight is 368 g/mol. The van der Waals surface area contributed by atoms with Crippen molar-refractivity contribution >= 4 is 49.9 Å². The molecule has 124 valence electrons. The second-order valence-corrected chi connectivity index (χ2v) is 8.44. The van der Waals surface area contributed by atoms with Crippen LogP contribution in [0.5, 0.6) is 0 Å². The number of nitrogens with two attached hydrogens (primary N) is 1. The minimum absolute atomic E-state index is 0. The molecular weight excluding hydrogens is 350 g/mol. The Hall–Kier alpha value is -0.970. The number of amides is 1. The summed E-state index contributed by atoms with van der Waals surface area (Å²) in [5.74, 6) is 0.477. The van der Waals surface area contributed by atoms with E-state index < -0.39 is 10.0 Å². The first-order valence-corrected chi connectivity index (χ1v) is 9.42. The number of halogens is 1. The second kappa shape index (κ2) is 6.26. The van der Waals surface area contributed by atoms with Crippen LogP contribution < -0.4 is 15.8 Å². The lowest BCUT2D eigenvalue weighted by Gasteiger charge is -2.26. The van der Waals surface area contributed by atoms with Gasteiger partial charge in [0, 0.05) is 6.04 Å². The zero-order valence-corrected chi connectivity index (χ0v) is 14.3. The van der Waals surface area contributed by atoms with Gasteiger partial charge in [-0.2, -0.15) is 0 Å². The summed E-state index contributed by atoms with van der Waals surface area (Å²) < 4.78 is 24.4. The predicted molar refractivity (Wildman–Crippen MR) is 86.5 cm³/mol. The molecule has 1 heterocycles. The molecule has 0 spiro atoms. The van der Waals surface area contributed by atoms with Gasteiger partial charge >= 0.3 is 0 Å². The van der Waals surface area contributed by atoms with Gasteiger partial charge in [-0.15, -0.1) is 22.6 Å². The zero-order valence-electron chi connectivity index (χ0n) is 11.9. The van der Waals surface area contributed by atoms with Gasteiger partial charge in [0.15, 0.2) is 0 Å². The van der Waals surface area contributed by atoms with E-state index >= 15 is 0 Å². The molecule has 0 aromatic carbocycles. The lowest BCUT2D eigenvalue weighted by molar-refractivity contribution is -0.121. The van der Waals surface area contributed by atoms with E-state index in [9.17, 15) is 13.2 Å². The Labute approximate surface area is 138 Å². The molecule has 4 N–H and O–H groups in total. The highest BCUT2D eigenvalue weighted by Crippen LogP contribution is 2.47. The Morgan fingerprint density at radius 2 is 1.91 bits per heavy atom. The van der Waals surface area contributed by atoms with Crippen LogP contribution in [0, 0.1) is 17.8 Å². The molecule has 1 aromatic rings. The smallest absolute Gasteiger partial charge is 0.231 e. The van der Waals surface area contributed by atoms with E-state index in [4.69, 9.17) is 5.73 Å². The molecule has 4 unspecified atom stereocenters. The third-order valence-corrected chi connectivity index (χ3v) is 5.66. The Morgan fingerprint density at radius 1 is 1.27 bits per heavy atom. The highest BCUT2D eigenvalue weighted by Gasteiger charge is 2.49. The van der Waals surface area contributed by atoms with Crippen LogP contribution in [-0.4, -0.2) is 36.8 Å². The van der Waals surface area contributed by atoms with E-state index in [-0.39, 0.29) is 40.5 Å². The van der Waals surface area contributed by atoms with Crippen molar-refractivity contribution in [2.24, 2.45) is 23.5 Å². The SMILES string of the molecule is CS(=O)(=O)Nc1nnc(NC(=O)C2C3CCC(C3)C2N)s1.Cl. The number of anilines is 2. The van der Waals surface area contributed by atoms with Crippen molar-refractivity contribution in [3.05, 3.63) is 0 Å². The Bertz CT molecular complexity index is 662. The Kier molecular flexibility index (Phi) is 4.95. The van der Waals surface area contributed by atoms with Gasteiger partial charge in [-0.05, 0) is 31.1 Å². The number of sulfonamides is 1. The minimum atomic E-state index is -3.40. The van der Waals surface area contributed by atoms with Gasteiger partial charge in [0.05, 0.1) is 12.2 Å². The van der Waals surface area contributed by atoms with Gasteiger partial charge in [0.1, 0.15) is 0 Å². The van der Waals surface area contributed by atoms with Crippen LogP contribution in [0.3, 0.4) is 0 Å². The molecule has 2 bridgehead atoms. The van der Waals surface area contributed by atoms with Crippen LogP contribution in [0.15, 0.2) is 0 Å². The van der Waals surface area contributed by atoms with Crippen molar-refractivity contribution < 1.29 is 13.2 Å². The van der Waals surface area contributed by atoms with Crippen LogP contribution in [0.25, 0.3) is 0 Å². The molecule has 2 fully saturated rings. The van der Waals surface area contributed by atoms with E-state index in [2.05, 4.69) is 20.2 Å². The van der Waals surface area contributed by atoms with Crippen LogP contribution in [-0.2, 0) is 14.8 Å². The summed E-state index contributed by atoms with van der Waals surface area (Å²) >= 11 is 0.983. The van der Waals surface area contributed by atoms with Gasteiger partial charge in [-0.1, -0.05) is 11.3 Å². The molecular formula is C11H18ClN5O3S2. The number of carbonyl (C=O) groups excluding carboxylic acids is 1. The topological polar surface area (TPSA) is 127 Å². The van der Waals surface area contributed by atoms with Crippen molar-refractivity contribution in [2.45, 2.75) is 25.3 Å². The average Bonchev–Trinajstić information content (AvgIpc) is 3.03. The summed E-state index contributed by atoms with van der Waals surface area (Å²) in [6.45, 7) is 0. The fourth-order valence-corrected chi connectivity index (χ4v) is 4.86. The Balaban J connectivity index is 0.00000176. The fourth-order valence-electron chi connectivity index (χ4n) is 3.39. The van der Waals surface area contributed by atoms with Gasteiger partial charge in [-0.25, -0.2) is 8.42 Å². The quantitative estimate of drug-likeness (QED) is 0.716. The maximum Gasteiger partial charge on any atom is 0.231 e. The molecule has 1 aromatic heterocycles. The number of fused-ring (bicyclic) bond motifs is 2. The summed E-state index contributed by atoms with van der Waals surface area (Å²) in [5.41, 5.74) is 6.12. The maximum atomic E-state index is 12.3. The van der Waals surface area contributed by atoms with Crippen molar-refractivity contribution in [3.63, 3.8) is 0 Å². The highest BCUT2D eigenvalue weighted by molar-refractivity contribution is 7.92. The standard InChI is InChI=1S/C11H17N5O3S2.ClH/c1-21(18,19)16-11-15-14-10(20-11)13-9(17)7-5-2-3-6(4-5)8(7)12;/h5-8H,2-4,12H2,1H3,(H,15,16)(H,13,14,17);1H. The largest absolute Gasteiger partial charge is 0.327 e. The third kappa shape index (κ3) is 3.50. The molecule has 0 saturated heterocycles. The summed E-state index contributed by atoms with van der Waals surface area (Å²) in [5, 5.41) is 10.6. The molecule has 11 heteroatoms. The van der Waals surface area contributed by atoms with E-state index in [0.717, 1.165) is 36.9 Å². The third-order valence-electron chi connectivity index (χ3n) is 4.21. The van der Waals surface area contributed by atoms with Crippen LogP contribution in [0.1, 0.15) is 19.3 Å². The summed E-state index contributed by atoms with van der Waals surface area (Å²) in [6, 6.07) is -0.0923. The van der Waals surface area contributed by atoms with Crippen molar-refractivity contribution in [1.82, 2.24) is 10.2 Å². The van der Waals surface area contributed by atoms with Gasteiger partial charge < -0.3 is 11.1 Å². The Morgan fingerprint density at radius 3 is 2.50 bits per heavy atom. The zero-order chi connectivity index (χ0) is 15.2. The van der Waals surface area contributed by atoms with Crippen molar-refractivity contribution in [2.75, 3.05) is 16.3 Å². The highest BCUT2D eigenvalue weighted by atomic mass is 35.5. The normalized spacial score (nSPS) is 29.9. The number of nitrogens with zero attached hydrogens (tertiary/aromatic N) is 2. The number of hydrogen-bond donors (Lipinski definition) is 3. The van der Waals surface area contributed by atoms with Crippen LogP contribution in [0.2, 0.25) is 0 Å². The molecule has 22 heavy (non-hydrogen) atoms. The van der Waals surface area contributed by atoms with Crippen molar-refractivity contribution in [3.8, 4) is 0 Å². The van der Waals surface area contributed by atoms with E-state index in [1.54, 1.807) is 0 Å². The monoisotopic (exact) mass is 367 g/mol. The second-order valence-electron chi connectivity index (χ2n) is 5.71. The predicted octanol–water partition coefficient (Wildman–Crippen LogP) is 0.643. The summed E-state index contributed by atoms with van der Waals surface area (Å²) in [4.78, 5) is 12.3. The molecule has 2 aliphatic rings. The number of hydrogen-bond acceptors (Lipinski definition) is 7. The first kappa shape index (κ1) is 17.4. The molecule has 0 radical (unpaired) electrons. The number of rotatable bonds is 4. The van der Waals surface area contributed by atoms with Gasteiger partial charge in [0.2, 0.25) is 26.2 Å². The molecule has 2 aliphatic carbocycles. The number of nitrogens with one attached hydrogen (secondary N) is 2. The van der Waals surface area contributed by atoms with E-state index in [0.29, 0.717) is 11.8 Å². The first-order valence-electron chi connectivity index (χ1n) is 6.71. The van der Waals surface area contributed by atoms with Crippen LogP contribution >= 0.6 is 23.7 Å². The minimum Gasteiger partial charge on any atom is -0.327 e. The molecule has 0 aliphatic heterocycles. The summed E-state index contributed by atoms with van der Waals surface area (Å²) in [6.07, 6.45) is 4.21. The van der Waals surface area contributed by atoms with Gasteiger partial charge in [-0.3, -0.25) is 9.52 Å². The number of carbonyl (C=O) groups is 1. The van der Waals surface area contributed by atoms with E-state index in [1.807, 2.05) is 0 Å². The first-order chi connectivity index (χ1) is 9.83. The molecule has 2 saturated carbocycles. The molecule has 8 nitrogen and oxygen atoms in total. The lowest BCUT2D eigenvalue weighted by atomic mass is 9.84. The van der Waals surface area contributed by atoms with Crippen molar-refractivity contribution in [1.29, 1.82) is 0 Å². The molecule has 3 rings (SSSR count). The van der Waals surface area contributed by atoms with Gasteiger partial charge in [0.25, 0.3) is 0 Å². The van der Waals surface area contributed by atoms with Crippen LogP contribution in [0.4, 0.5) is 10.3 Å². The summed E-state index contributed by atoms with van der Waals surface area (Å²) in [7, 11) is -3.40. The molecule has 4 atom stereocenters. The number of aromatic nitrogens is 2. The fraction of sp³-hybridized carbons (Fsp3) is 0.727. The lowest BCUT2D eigenvalue weighted by Crippen LogP contribution is -2.42. The van der Waals surface area contributed by atoms with E-state index in [1.165, 1.54) is 0 Å². The molecule has 1 amide bonds. The maximum absolute atomic E-state index is 12.3.